The van der Waals surface area contributed by atoms with E-state index in [1.54, 1.807) is 0 Å². The molecule has 1 aromatic rings. The normalized spacial score (nSPS) is 13.0. The van der Waals surface area contributed by atoms with Crippen LogP contribution in [0.25, 0.3) is 0 Å². The largest absolute Gasteiger partial charge is 0.364 e. The Bertz CT molecular complexity index is 280. The van der Waals surface area contributed by atoms with E-state index in [1.165, 1.54) is 19.4 Å². The summed E-state index contributed by atoms with van der Waals surface area (Å²) in [5.41, 5.74) is 0.367. The maximum Gasteiger partial charge on any atom is 0.183 e. The Morgan fingerprint density at radius 2 is 2.25 bits per heavy atom. The van der Waals surface area contributed by atoms with Crippen molar-refractivity contribution >= 4 is 23.2 Å². The first-order valence-electron chi connectivity index (χ1n) is 3.17. The molecular formula is C7H7Cl2NO2. The van der Waals surface area contributed by atoms with Gasteiger partial charge in [-0.3, -0.25) is 0 Å². The van der Waals surface area contributed by atoms with Crippen molar-refractivity contribution in [2.75, 3.05) is 7.11 Å². The molecule has 0 aliphatic heterocycles. The second kappa shape index (κ2) is 4.05. The lowest BCUT2D eigenvalue weighted by atomic mass is 10.3. The molecule has 0 radical (unpaired) electrons. The minimum absolute atomic E-state index is 0.189. The van der Waals surface area contributed by atoms with E-state index in [2.05, 4.69) is 9.72 Å². The number of hydrogen-bond donors (Lipinski definition) is 1. The van der Waals surface area contributed by atoms with Gasteiger partial charge in [-0.15, -0.1) is 0 Å². The number of nitrogens with zero attached hydrogens (tertiary/aromatic N) is 1. The van der Waals surface area contributed by atoms with Gasteiger partial charge in [0.25, 0.3) is 0 Å². The molecule has 66 valence electrons. The summed E-state index contributed by atoms with van der Waals surface area (Å²) in [5, 5.41) is 9.83. The highest BCUT2D eigenvalue weighted by atomic mass is 35.5. The summed E-state index contributed by atoms with van der Waals surface area (Å²) in [7, 11) is 1.36. The molecule has 0 saturated carbocycles. The standard InChI is InChI=1S/C7H7Cl2NO2/c1-12-7(11)5-2-4(8)3-10-6(5)9/h2-3,7,11H,1H3. The van der Waals surface area contributed by atoms with E-state index in [1.807, 2.05) is 0 Å². The number of methoxy groups -OCH3 is 1. The molecule has 1 heterocycles. The molecule has 12 heavy (non-hydrogen) atoms. The number of pyridine rings is 1. The first-order valence-corrected chi connectivity index (χ1v) is 3.92. The van der Waals surface area contributed by atoms with Gasteiger partial charge in [0.15, 0.2) is 6.29 Å². The first-order chi connectivity index (χ1) is 5.65. The van der Waals surface area contributed by atoms with E-state index < -0.39 is 6.29 Å². The molecular weight excluding hydrogens is 201 g/mol. The van der Waals surface area contributed by atoms with Crippen molar-refractivity contribution < 1.29 is 9.84 Å². The predicted molar refractivity (Wildman–Crippen MR) is 46.2 cm³/mol. The van der Waals surface area contributed by atoms with Gasteiger partial charge in [-0.2, -0.15) is 0 Å². The first kappa shape index (κ1) is 9.74. The lowest BCUT2D eigenvalue weighted by Gasteiger charge is -2.09. The van der Waals surface area contributed by atoms with E-state index in [4.69, 9.17) is 23.2 Å². The summed E-state index contributed by atoms with van der Waals surface area (Å²) in [5.74, 6) is 0. The Hall–Kier alpha value is -0.350. The van der Waals surface area contributed by atoms with E-state index >= 15 is 0 Å². The highest BCUT2D eigenvalue weighted by Gasteiger charge is 2.11. The summed E-state index contributed by atoms with van der Waals surface area (Å²) in [6.07, 6.45) is 0.319. The minimum Gasteiger partial charge on any atom is -0.364 e. The quantitative estimate of drug-likeness (QED) is 0.597. The van der Waals surface area contributed by atoms with Gasteiger partial charge < -0.3 is 9.84 Å². The molecule has 0 amide bonds. The summed E-state index contributed by atoms with van der Waals surface area (Å²) >= 11 is 11.3. The number of rotatable bonds is 2. The van der Waals surface area contributed by atoms with Gasteiger partial charge in [0.05, 0.1) is 5.02 Å². The molecule has 0 spiro atoms. The summed E-state index contributed by atoms with van der Waals surface area (Å²) in [4.78, 5) is 3.74. The van der Waals surface area contributed by atoms with Crippen molar-refractivity contribution in [3.05, 3.63) is 28.0 Å². The van der Waals surface area contributed by atoms with Crippen LogP contribution < -0.4 is 0 Å². The van der Waals surface area contributed by atoms with Crippen molar-refractivity contribution in [3.63, 3.8) is 0 Å². The van der Waals surface area contributed by atoms with Gasteiger partial charge >= 0.3 is 0 Å². The summed E-state index contributed by atoms with van der Waals surface area (Å²) in [6, 6.07) is 1.51. The third-order valence-corrected chi connectivity index (χ3v) is 1.84. The molecule has 1 unspecified atom stereocenters. The lowest BCUT2D eigenvalue weighted by molar-refractivity contribution is -0.0770. The summed E-state index contributed by atoms with van der Waals surface area (Å²) in [6.45, 7) is 0. The molecule has 1 rings (SSSR count). The Kier molecular flexibility index (Phi) is 3.29. The Morgan fingerprint density at radius 3 is 2.83 bits per heavy atom. The second-order valence-electron chi connectivity index (χ2n) is 2.12. The molecule has 1 N–H and O–H groups in total. The van der Waals surface area contributed by atoms with E-state index in [9.17, 15) is 5.11 Å². The molecule has 0 saturated heterocycles. The van der Waals surface area contributed by atoms with Crippen LogP contribution in [0.5, 0.6) is 0 Å². The van der Waals surface area contributed by atoms with E-state index in [-0.39, 0.29) is 5.15 Å². The number of halogens is 2. The van der Waals surface area contributed by atoms with Gasteiger partial charge in [-0.25, -0.2) is 4.98 Å². The predicted octanol–water partition coefficient (Wildman–Crippen LogP) is 2.03. The number of aliphatic hydroxyl groups is 1. The average Bonchev–Trinajstić information content (AvgIpc) is 2.08. The molecule has 0 aromatic carbocycles. The zero-order valence-electron chi connectivity index (χ0n) is 6.29. The van der Waals surface area contributed by atoms with Crippen LogP contribution in [-0.4, -0.2) is 17.2 Å². The van der Waals surface area contributed by atoms with Crippen LogP contribution in [0.3, 0.4) is 0 Å². The van der Waals surface area contributed by atoms with Crippen molar-refractivity contribution in [1.82, 2.24) is 4.98 Å². The fourth-order valence-electron chi connectivity index (χ4n) is 0.738. The third kappa shape index (κ3) is 2.08. The second-order valence-corrected chi connectivity index (χ2v) is 2.92. The third-order valence-electron chi connectivity index (χ3n) is 1.32. The van der Waals surface area contributed by atoms with Crippen molar-refractivity contribution in [3.8, 4) is 0 Å². The molecule has 1 aromatic heterocycles. The number of aromatic nitrogens is 1. The van der Waals surface area contributed by atoms with Gasteiger partial charge in [0.2, 0.25) is 0 Å². The molecule has 5 heteroatoms. The van der Waals surface area contributed by atoms with Gasteiger partial charge in [0, 0.05) is 18.9 Å². The van der Waals surface area contributed by atoms with Gasteiger partial charge in [-0.05, 0) is 6.07 Å². The smallest absolute Gasteiger partial charge is 0.183 e. The Morgan fingerprint density at radius 1 is 1.58 bits per heavy atom. The number of ether oxygens (including phenoxy) is 1. The fraction of sp³-hybridized carbons (Fsp3) is 0.286. The van der Waals surface area contributed by atoms with Crippen LogP contribution in [0.4, 0.5) is 0 Å². The van der Waals surface area contributed by atoms with Gasteiger partial charge in [-0.1, -0.05) is 23.2 Å². The molecule has 0 fully saturated rings. The maximum atomic E-state index is 9.23. The number of aliphatic hydroxyl groups excluding tert-OH is 1. The Labute approximate surface area is 79.9 Å². The minimum atomic E-state index is -1.08. The zero-order valence-corrected chi connectivity index (χ0v) is 7.80. The summed E-state index contributed by atoms with van der Waals surface area (Å²) < 4.78 is 4.64. The number of hydrogen-bond acceptors (Lipinski definition) is 3. The zero-order chi connectivity index (χ0) is 9.14. The van der Waals surface area contributed by atoms with Crippen LogP contribution in [0.15, 0.2) is 12.3 Å². The van der Waals surface area contributed by atoms with Crippen LogP contribution in [0, 0.1) is 0 Å². The van der Waals surface area contributed by atoms with Crippen LogP contribution in [0.1, 0.15) is 11.9 Å². The SMILES string of the molecule is COC(O)c1cc(Cl)cnc1Cl. The highest BCUT2D eigenvalue weighted by molar-refractivity contribution is 6.32. The lowest BCUT2D eigenvalue weighted by Crippen LogP contribution is -2.01. The van der Waals surface area contributed by atoms with Crippen molar-refractivity contribution in [2.45, 2.75) is 6.29 Å². The van der Waals surface area contributed by atoms with Crippen LogP contribution in [0.2, 0.25) is 10.2 Å². The Balaban J connectivity index is 3.04. The molecule has 0 aliphatic rings. The van der Waals surface area contributed by atoms with Crippen molar-refractivity contribution in [2.24, 2.45) is 0 Å². The highest BCUT2D eigenvalue weighted by Crippen LogP contribution is 2.23. The average molecular weight is 208 g/mol. The van der Waals surface area contributed by atoms with Gasteiger partial charge in [0.1, 0.15) is 5.15 Å². The topological polar surface area (TPSA) is 42.4 Å². The van der Waals surface area contributed by atoms with Crippen LogP contribution >= 0.6 is 23.2 Å². The van der Waals surface area contributed by atoms with E-state index in [0.29, 0.717) is 10.6 Å². The molecule has 3 nitrogen and oxygen atoms in total. The van der Waals surface area contributed by atoms with Crippen LogP contribution in [-0.2, 0) is 4.74 Å². The fourth-order valence-corrected chi connectivity index (χ4v) is 1.10. The maximum absolute atomic E-state index is 9.23. The van der Waals surface area contributed by atoms with Crippen molar-refractivity contribution in [1.29, 1.82) is 0 Å². The monoisotopic (exact) mass is 207 g/mol. The molecule has 0 bridgehead atoms. The molecule has 1 atom stereocenters. The van der Waals surface area contributed by atoms with E-state index in [0.717, 1.165) is 0 Å². The molecule has 0 aliphatic carbocycles.